The fraction of sp³-hybridized carbons (Fsp3) is 0.714. The average Bonchev–Trinajstić information content (AvgIpc) is 1.65. The van der Waals surface area contributed by atoms with Crippen LogP contribution in [0, 0.1) is 24.2 Å². The molecular formula is C7H11. The molecule has 0 saturated heterocycles. The Bertz CT molecular complexity index is 74.5. The maximum Gasteiger partial charge on any atom is 0.0207 e. The van der Waals surface area contributed by atoms with E-state index in [1.807, 2.05) is 6.92 Å². The van der Waals surface area contributed by atoms with E-state index in [4.69, 9.17) is 6.42 Å². The van der Waals surface area contributed by atoms with Crippen molar-refractivity contribution < 1.29 is 0 Å². The van der Waals surface area contributed by atoms with Crippen molar-refractivity contribution in [2.75, 3.05) is 0 Å². The first-order valence-corrected chi connectivity index (χ1v) is 2.60. The fourth-order valence-electron chi connectivity index (χ4n) is 0.167. The van der Waals surface area contributed by atoms with Crippen molar-refractivity contribution in [3.8, 4) is 5.92 Å². The first kappa shape index (κ1) is 6.56. The molecule has 0 bridgehead atoms. The molecule has 0 heteroatoms. The summed E-state index contributed by atoms with van der Waals surface area (Å²) < 4.78 is 0. The van der Waals surface area contributed by atoms with Gasteiger partial charge in [-0.25, -0.2) is 0 Å². The van der Waals surface area contributed by atoms with Gasteiger partial charge in [0.2, 0.25) is 0 Å². The van der Waals surface area contributed by atoms with Gasteiger partial charge < -0.3 is 0 Å². The highest BCUT2D eigenvalue weighted by Crippen LogP contribution is 2.05. The van der Waals surface area contributed by atoms with E-state index in [-0.39, 0.29) is 0 Å². The topological polar surface area (TPSA) is 0 Å². The fourth-order valence-corrected chi connectivity index (χ4v) is 0.167. The monoisotopic (exact) mass is 95.1 g/mol. The minimum atomic E-state index is 0.319. The first-order chi connectivity index (χ1) is 3.18. The largest absolute Gasteiger partial charge is 0.0857 e. The summed E-state index contributed by atoms with van der Waals surface area (Å²) in [7, 11) is 0. The van der Waals surface area contributed by atoms with E-state index < -0.39 is 0 Å². The molecule has 0 fully saturated rings. The zero-order valence-corrected chi connectivity index (χ0v) is 5.15. The molecule has 7 heavy (non-hydrogen) atoms. The first-order valence-electron chi connectivity index (χ1n) is 2.60. The zero-order valence-electron chi connectivity index (χ0n) is 5.15. The second-order valence-electron chi connectivity index (χ2n) is 2.18. The van der Waals surface area contributed by atoms with Gasteiger partial charge in [0.15, 0.2) is 0 Å². The molecule has 1 radical (unpaired) electrons. The van der Waals surface area contributed by atoms with E-state index in [2.05, 4.69) is 19.8 Å². The van der Waals surface area contributed by atoms with Crippen molar-refractivity contribution in [3.05, 3.63) is 6.42 Å². The van der Waals surface area contributed by atoms with Crippen molar-refractivity contribution >= 4 is 0 Å². The molecule has 0 spiro atoms. The molecule has 39 valence electrons. The van der Waals surface area contributed by atoms with Gasteiger partial charge >= 0.3 is 0 Å². The van der Waals surface area contributed by atoms with Crippen LogP contribution < -0.4 is 0 Å². The molecule has 0 nitrogen and oxygen atoms in total. The highest BCUT2D eigenvalue weighted by Gasteiger charge is 1.99. The molecule has 0 aliphatic heterocycles. The van der Waals surface area contributed by atoms with Gasteiger partial charge in [-0.05, 0) is 12.3 Å². The van der Waals surface area contributed by atoms with Crippen molar-refractivity contribution in [2.45, 2.75) is 20.8 Å². The maximum atomic E-state index is 6.69. The molecule has 0 rings (SSSR count). The van der Waals surface area contributed by atoms with Crippen LogP contribution in [-0.4, -0.2) is 0 Å². The Morgan fingerprint density at radius 3 is 1.71 bits per heavy atom. The molecule has 0 N–H and O–H groups in total. The summed E-state index contributed by atoms with van der Waals surface area (Å²) in [5, 5.41) is 0. The Labute approximate surface area is 45.9 Å². The molecule has 0 aliphatic rings. The number of hydrogen-bond donors (Lipinski definition) is 0. The summed E-state index contributed by atoms with van der Waals surface area (Å²) in [6.45, 7) is 6.18. The van der Waals surface area contributed by atoms with Gasteiger partial charge in [-0.1, -0.05) is 26.7 Å². The SMILES string of the molecule is [C]#CC(C)C(C)C. The predicted molar refractivity (Wildman–Crippen MR) is 31.1 cm³/mol. The van der Waals surface area contributed by atoms with Crippen molar-refractivity contribution in [3.63, 3.8) is 0 Å². The molecule has 0 aromatic heterocycles. The summed E-state index contributed by atoms with van der Waals surface area (Å²) in [6, 6.07) is 0. The van der Waals surface area contributed by atoms with Gasteiger partial charge in [-0.2, -0.15) is 0 Å². The highest BCUT2D eigenvalue weighted by atomic mass is 14.0. The van der Waals surface area contributed by atoms with Crippen LogP contribution in [0.1, 0.15) is 20.8 Å². The quantitative estimate of drug-likeness (QED) is 0.436. The molecule has 0 saturated carbocycles. The highest BCUT2D eigenvalue weighted by molar-refractivity contribution is 4.85. The van der Waals surface area contributed by atoms with Crippen LogP contribution in [-0.2, 0) is 0 Å². The predicted octanol–water partition coefficient (Wildman–Crippen LogP) is 1.87. The van der Waals surface area contributed by atoms with Crippen LogP contribution >= 0.6 is 0 Å². The summed E-state index contributed by atoms with van der Waals surface area (Å²) in [6.07, 6.45) is 6.69. The molecule has 0 aromatic carbocycles. The lowest BCUT2D eigenvalue weighted by atomic mass is 10.00. The van der Waals surface area contributed by atoms with E-state index in [1.54, 1.807) is 0 Å². The second kappa shape index (κ2) is 2.69. The number of hydrogen-bond acceptors (Lipinski definition) is 0. The third-order valence-electron chi connectivity index (χ3n) is 1.23. The van der Waals surface area contributed by atoms with Crippen LogP contribution in [0.15, 0.2) is 0 Å². The van der Waals surface area contributed by atoms with Crippen LogP contribution in [0.2, 0.25) is 0 Å². The summed E-state index contributed by atoms with van der Waals surface area (Å²) in [5.74, 6) is 3.30. The van der Waals surface area contributed by atoms with Gasteiger partial charge in [0, 0.05) is 5.92 Å². The lowest BCUT2D eigenvalue weighted by molar-refractivity contribution is 0.519. The van der Waals surface area contributed by atoms with Gasteiger partial charge in [0.05, 0.1) is 0 Å². The lowest BCUT2D eigenvalue weighted by Gasteiger charge is -2.04. The van der Waals surface area contributed by atoms with E-state index in [0.717, 1.165) is 0 Å². The van der Waals surface area contributed by atoms with Gasteiger partial charge in [0.25, 0.3) is 0 Å². The molecule has 0 aromatic rings. The Balaban J connectivity index is 3.40. The third kappa shape index (κ3) is 2.28. The normalized spacial score (nSPS) is 13.6. The summed E-state index contributed by atoms with van der Waals surface area (Å²) in [4.78, 5) is 0. The van der Waals surface area contributed by atoms with Gasteiger partial charge in [-0.15, -0.1) is 0 Å². The Morgan fingerprint density at radius 2 is 1.71 bits per heavy atom. The van der Waals surface area contributed by atoms with E-state index in [1.165, 1.54) is 0 Å². The van der Waals surface area contributed by atoms with Crippen LogP contribution in [0.5, 0.6) is 0 Å². The summed E-state index contributed by atoms with van der Waals surface area (Å²) in [5.41, 5.74) is 0. The maximum absolute atomic E-state index is 6.69. The van der Waals surface area contributed by atoms with Gasteiger partial charge in [-0.3, -0.25) is 0 Å². The van der Waals surface area contributed by atoms with Crippen LogP contribution in [0.4, 0.5) is 0 Å². The minimum absolute atomic E-state index is 0.319. The molecule has 0 aliphatic carbocycles. The minimum Gasteiger partial charge on any atom is -0.0857 e. The standard InChI is InChI=1S/C7H11/c1-5-7(4)6(2)3/h6-7H,2-4H3. The molecular weight excluding hydrogens is 84.1 g/mol. The molecule has 1 unspecified atom stereocenters. The number of rotatable bonds is 1. The van der Waals surface area contributed by atoms with Crippen LogP contribution in [0.3, 0.4) is 0 Å². The Hall–Kier alpha value is -0.440. The molecule has 1 atom stereocenters. The second-order valence-corrected chi connectivity index (χ2v) is 2.18. The zero-order chi connectivity index (χ0) is 5.86. The Kier molecular flexibility index (Phi) is 2.52. The smallest absolute Gasteiger partial charge is 0.0207 e. The molecule has 0 heterocycles. The van der Waals surface area contributed by atoms with E-state index >= 15 is 0 Å². The van der Waals surface area contributed by atoms with E-state index in [0.29, 0.717) is 11.8 Å². The Morgan fingerprint density at radius 1 is 1.29 bits per heavy atom. The third-order valence-corrected chi connectivity index (χ3v) is 1.23. The van der Waals surface area contributed by atoms with Crippen molar-refractivity contribution in [2.24, 2.45) is 11.8 Å². The van der Waals surface area contributed by atoms with Crippen molar-refractivity contribution in [1.82, 2.24) is 0 Å². The van der Waals surface area contributed by atoms with E-state index in [9.17, 15) is 0 Å². The van der Waals surface area contributed by atoms with Gasteiger partial charge in [0.1, 0.15) is 0 Å². The van der Waals surface area contributed by atoms with Crippen LogP contribution in [0.25, 0.3) is 0 Å². The summed E-state index contributed by atoms with van der Waals surface area (Å²) >= 11 is 0. The van der Waals surface area contributed by atoms with Crippen molar-refractivity contribution in [1.29, 1.82) is 0 Å². The lowest BCUT2D eigenvalue weighted by Crippen LogP contribution is -1.98. The molecule has 0 amide bonds. The average molecular weight is 95.2 g/mol.